The summed E-state index contributed by atoms with van der Waals surface area (Å²) in [4.78, 5) is 0. The first-order valence-electron chi connectivity index (χ1n) is 5.36. The van der Waals surface area contributed by atoms with E-state index < -0.39 is 0 Å². The third-order valence-electron chi connectivity index (χ3n) is 4.45. The fourth-order valence-corrected chi connectivity index (χ4v) is 5.39. The van der Waals surface area contributed by atoms with Crippen LogP contribution in [0.3, 0.4) is 0 Å². The minimum Gasteiger partial charge on any atom is -0.0858 e. The summed E-state index contributed by atoms with van der Waals surface area (Å²) in [5.41, 5.74) is 0.829. The maximum Gasteiger partial charge on any atom is 0.00523 e. The summed E-state index contributed by atoms with van der Waals surface area (Å²) in [5, 5.41) is 0. The lowest BCUT2D eigenvalue weighted by Crippen LogP contribution is -2.46. The second-order valence-corrected chi connectivity index (χ2v) is 6.31. The summed E-state index contributed by atoms with van der Waals surface area (Å²) < 4.78 is 1.44. The Morgan fingerprint density at radius 1 is 0.917 bits per heavy atom. The Labute approximate surface area is 88.6 Å². The van der Waals surface area contributed by atoms with Crippen LogP contribution in [0.5, 0.6) is 0 Å². The van der Waals surface area contributed by atoms with Gasteiger partial charge in [0.25, 0.3) is 0 Å². The molecule has 0 aromatic heterocycles. The highest BCUT2D eigenvalue weighted by Crippen LogP contribution is 2.60. The fourth-order valence-electron chi connectivity index (χ4n) is 4.45. The first-order valence-corrected chi connectivity index (χ1v) is 6.88. The van der Waals surface area contributed by atoms with Gasteiger partial charge in [0.1, 0.15) is 0 Å². The molecule has 4 fully saturated rings. The Hall–Kier alpha value is 0.730. The molecule has 0 heterocycles. The summed E-state index contributed by atoms with van der Waals surface area (Å²) in [6, 6.07) is 0. The third kappa shape index (κ3) is 1.08. The summed E-state index contributed by atoms with van der Waals surface area (Å²) in [6.07, 6.45) is 9.54. The maximum atomic E-state index is 2.63. The van der Waals surface area contributed by atoms with Gasteiger partial charge < -0.3 is 0 Å². The number of rotatable bonds is 1. The minimum absolute atomic E-state index is 0.829. The van der Waals surface area contributed by atoms with Gasteiger partial charge in [-0.05, 0) is 61.7 Å². The maximum absolute atomic E-state index is 2.63. The van der Waals surface area contributed by atoms with Gasteiger partial charge in [-0.15, -0.1) is 0 Å². The van der Waals surface area contributed by atoms with E-state index in [4.69, 9.17) is 0 Å². The average Bonchev–Trinajstić information content (AvgIpc) is 2.02. The summed E-state index contributed by atoms with van der Waals surface area (Å²) in [7, 11) is 0. The van der Waals surface area contributed by atoms with Gasteiger partial charge in [0.05, 0.1) is 0 Å². The lowest BCUT2D eigenvalue weighted by molar-refractivity contribution is -0.0364. The molecule has 0 radical (unpaired) electrons. The highest BCUT2D eigenvalue weighted by atomic mass is 127. The van der Waals surface area contributed by atoms with Crippen LogP contribution in [-0.4, -0.2) is 4.43 Å². The van der Waals surface area contributed by atoms with Crippen LogP contribution >= 0.6 is 22.6 Å². The van der Waals surface area contributed by atoms with Crippen LogP contribution in [0.2, 0.25) is 0 Å². The summed E-state index contributed by atoms with van der Waals surface area (Å²) >= 11 is 2.63. The molecule has 1 heteroatoms. The second kappa shape index (κ2) is 2.61. The molecule has 0 aromatic rings. The summed E-state index contributed by atoms with van der Waals surface area (Å²) in [6.45, 7) is 0. The van der Waals surface area contributed by atoms with Crippen LogP contribution in [0.1, 0.15) is 38.5 Å². The Kier molecular flexibility index (Phi) is 1.76. The third-order valence-corrected chi connectivity index (χ3v) is 6.07. The monoisotopic (exact) mass is 276 g/mol. The van der Waals surface area contributed by atoms with Gasteiger partial charge in [-0.25, -0.2) is 0 Å². The molecule has 4 aliphatic carbocycles. The second-order valence-electron chi connectivity index (χ2n) is 5.55. The molecule has 0 nitrogen and oxygen atoms in total. The molecule has 0 unspecified atom stereocenters. The number of alkyl halides is 1. The average molecular weight is 276 g/mol. The zero-order chi connectivity index (χ0) is 8.18. The molecule has 12 heavy (non-hydrogen) atoms. The van der Waals surface area contributed by atoms with Crippen molar-refractivity contribution < 1.29 is 0 Å². The topological polar surface area (TPSA) is 0 Å². The molecule has 0 aliphatic heterocycles. The van der Waals surface area contributed by atoms with E-state index >= 15 is 0 Å². The number of hydrogen-bond acceptors (Lipinski definition) is 0. The standard InChI is InChI=1S/C11H17I/c12-7-11-4-8-1-9(5-11)3-10(2-8)6-11/h8-10H,1-7H2. The van der Waals surface area contributed by atoms with Crippen LogP contribution in [-0.2, 0) is 0 Å². The molecular weight excluding hydrogens is 259 g/mol. The van der Waals surface area contributed by atoms with E-state index in [1.54, 1.807) is 38.5 Å². The van der Waals surface area contributed by atoms with Crippen molar-refractivity contribution in [2.45, 2.75) is 38.5 Å². The zero-order valence-electron chi connectivity index (χ0n) is 7.56. The quantitative estimate of drug-likeness (QED) is 0.506. The van der Waals surface area contributed by atoms with Crippen molar-refractivity contribution in [3.63, 3.8) is 0 Å². The van der Waals surface area contributed by atoms with Crippen molar-refractivity contribution in [3.05, 3.63) is 0 Å². The van der Waals surface area contributed by atoms with Crippen LogP contribution in [0.4, 0.5) is 0 Å². The van der Waals surface area contributed by atoms with E-state index in [9.17, 15) is 0 Å². The SMILES string of the molecule is ICC12CC3CC(CC(C3)C1)C2. The van der Waals surface area contributed by atoms with Gasteiger partial charge in [0, 0.05) is 4.43 Å². The molecule has 68 valence electrons. The van der Waals surface area contributed by atoms with Gasteiger partial charge in [-0.3, -0.25) is 0 Å². The molecule has 0 N–H and O–H groups in total. The van der Waals surface area contributed by atoms with Crippen LogP contribution in [0, 0.1) is 23.2 Å². The highest BCUT2D eigenvalue weighted by molar-refractivity contribution is 14.1. The van der Waals surface area contributed by atoms with Crippen molar-refractivity contribution in [1.82, 2.24) is 0 Å². The first-order chi connectivity index (χ1) is 5.80. The smallest absolute Gasteiger partial charge is 0.00523 e. The number of hydrogen-bond donors (Lipinski definition) is 0. The largest absolute Gasteiger partial charge is 0.0858 e. The molecule has 0 atom stereocenters. The Bertz CT molecular complexity index is 162. The molecule has 0 aromatic carbocycles. The van der Waals surface area contributed by atoms with E-state index in [0.29, 0.717) is 0 Å². The van der Waals surface area contributed by atoms with E-state index in [1.807, 2.05) is 0 Å². The first kappa shape index (κ1) is 8.07. The Morgan fingerprint density at radius 3 is 1.67 bits per heavy atom. The predicted octanol–water partition coefficient (Wildman–Crippen LogP) is 3.64. The molecule has 4 saturated carbocycles. The normalized spacial score (nSPS) is 56.2. The van der Waals surface area contributed by atoms with Gasteiger partial charge in [-0.2, -0.15) is 0 Å². The summed E-state index contributed by atoms with van der Waals surface area (Å²) in [5.74, 6) is 3.43. The Balaban J connectivity index is 1.90. The van der Waals surface area contributed by atoms with Crippen molar-refractivity contribution in [3.8, 4) is 0 Å². The van der Waals surface area contributed by atoms with Crippen LogP contribution < -0.4 is 0 Å². The molecular formula is C11H17I. The number of halogens is 1. The van der Waals surface area contributed by atoms with E-state index in [-0.39, 0.29) is 0 Å². The van der Waals surface area contributed by atoms with Gasteiger partial charge in [0.2, 0.25) is 0 Å². The molecule has 0 spiro atoms. The predicted molar refractivity (Wildman–Crippen MR) is 59.5 cm³/mol. The molecule has 0 amide bonds. The van der Waals surface area contributed by atoms with E-state index in [1.165, 1.54) is 4.43 Å². The van der Waals surface area contributed by atoms with Crippen LogP contribution in [0.15, 0.2) is 0 Å². The van der Waals surface area contributed by atoms with Crippen LogP contribution in [0.25, 0.3) is 0 Å². The van der Waals surface area contributed by atoms with Gasteiger partial charge in [-0.1, -0.05) is 22.6 Å². The van der Waals surface area contributed by atoms with E-state index in [0.717, 1.165) is 23.2 Å². The lowest BCUT2D eigenvalue weighted by Gasteiger charge is -2.56. The van der Waals surface area contributed by atoms with Crippen molar-refractivity contribution in [2.24, 2.45) is 23.2 Å². The van der Waals surface area contributed by atoms with Crippen molar-refractivity contribution in [2.75, 3.05) is 4.43 Å². The fraction of sp³-hybridized carbons (Fsp3) is 1.00. The van der Waals surface area contributed by atoms with E-state index in [2.05, 4.69) is 22.6 Å². The highest BCUT2D eigenvalue weighted by Gasteiger charge is 2.49. The van der Waals surface area contributed by atoms with Gasteiger partial charge in [0.15, 0.2) is 0 Å². The van der Waals surface area contributed by atoms with Gasteiger partial charge >= 0.3 is 0 Å². The lowest BCUT2D eigenvalue weighted by atomic mass is 9.50. The minimum atomic E-state index is 0.829. The van der Waals surface area contributed by atoms with Crippen molar-refractivity contribution in [1.29, 1.82) is 0 Å². The molecule has 4 bridgehead atoms. The molecule has 4 rings (SSSR count). The van der Waals surface area contributed by atoms with Crippen molar-refractivity contribution >= 4 is 22.6 Å². The molecule has 0 saturated heterocycles. The molecule has 4 aliphatic rings. The Morgan fingerprint density at radius 2 is 1.33 bits per heavy atom. The zero-order valence-corrected chi connectivity index (χ0v) is 9.72.